The largest absolute Gasteiger partial charge is 0.384 e. The lowest BCUT2D eigenvalue weighted by Crippen LogP contribution is -2.33. The van der Waals surface area contributed by atoms with Gasteiger partial charge in [0.15, 0.2) is 0 Å². The van der Waals surface area contributed by atoms with Crippen molar-refractivity contribution in [1.82, 2.24) is 9.97 Å². The van der Waals surface area contributed by atoms with Gasteiger partial charge in [0.2, 0.25) is 0 Å². The maximum Gasteiger partial charge on any atom is 0.134 e. The zero-order chi connectivity index (χ0) is 11.7. The number of ether oxygens (including phenoxy) is 1. The minimum absolute atomic E-state index is 0.442. The quantitative estimate of drug-likeness (QED) is 0.787. The summed E-state index contributed by atoms with van der Waals surface area (Å²) in [4.78, 5) is 10.6. The fraction of sp³-hybridized carbons (Fsp3) is 0.667. The van der Waals surface area contributed by atoms with Crippen LogP contribution in [0.25, 0.3) is 0 Å². The van der Waals surface area contributed by atoms with E-state index in [1.807, 2.05) is 6.07 Å². The summed E-state index contributed by atoms with van der Waals surface area (Å²) in [5, 5.41) is 0. The first-order valence-electron chi connectivity index (χ1n) is 6.18. The predicted molar refractivity (Wildman–Crippen MR) is 65.8 cm³/mol. The molecule has 17 heavy (non-hydrogen) atoms. The van der Waals surface area contributed by atoms with Gasteiger partial charge < -0.3 is 15.4 Å². The predicted octanol–water partition coefficient (Wildman–Crippen LogP) is 1.07. The molecule has 2 fully saturated rings. The van der Waals surface area contributed by atoms with E-state index >= 15 is 0 Å². The van der Waals surface area contributed by atoms with Crippen LogP contribution in [0.4, 0.5) is 11.6 Å². The van der Waals surface area contributed by atoms with Crippen molar-refractivity contribution in [2.24, 2.45) is 5.41 Å². The van der Waals surface area contributed by atoms with Crippen LogP contribution in [0.15, 0.2) is 12.4 Å². The van der Waals surface area contributed by atoms with Gasteiger partial charge in [-0.3, -0.25) is 0 Å². The molecule has 0 atom stereocenters. The molecule has 5 heteroatoms. The Morgan fingerprint density at radius 1 is 1.24 bits per heavy atom. The first-order valence-corrected chi connectivity index (χ1v) is 6.18. The summed E-state index contributed by atoms with van der Waals surface area (Å²) in [5.74, 6) is 1.50. The van der Waals surface area contributed by atoms with Crippen LogP contribution < -0.4 is 10.6 Å². The summed E-state index contributed by atoms with van der Waals surface area (Å²) < 4.78 is 5.45. The normalized spacial score (nSPS) is 23.2. The van der Waals surface area contributed by atoms with Gasteiger partial charge in [-0.05, 0) is 24.7 Å². The van der Waals surface area contributed by atoms with Crippen molar-refractivity contribution in [3.05, 3.63) is 12.4 Å². The Hall–Kier alpha value is -1.36. The Labute approximate surface area is 101 Å². The topological polar surface area (TPSA) is 64.3 Å². The summed E-state index contributed by atoms with van der Waals surface area (Å²) in [6, 6.07) is 1.86. The molecule has 1 spiro atoms. The van der Waals surface area contributed by atoms with Gasteiger partial charge in [0.25, 0.3) is 0 Å². The molecule has 1 aromatic rings. The van der Waals surface area contributed by atoms with E-state index < -0.39 is 0 Å². The highest BCUT2D eigenvalue weighted by atomic mass is 16.5. The van der Waals surface area contributed by atoms with Crippen molar-refractivity contribution in [3.8, 4) is 0 Å². The van der Waals surface area contributed by atoms with Crippen molar-refractivity contribution in [2.75, 3.05) is 36.9 Å². The van der Waals surface area contributed by atoms with Crippen LogP contribution in [-0.2, 0) is 4.74 Å². The standard InChI is InChI=1S/C12H18N4O/c13-10-7-11(15-9-14-10)16-4-1-12(8-16)2-5-17-6-3-12/h7,9H,1-6,8H2,(H2,13,14,15). The number of rotatable bonds is 1. The van der Waals surface area contributed by atoms with E-state index in [4.69, 9.17) is 10.5 Å². The molecule has 92 valence electrons. The second-order valence-electron chi connectivity index (χ2n) is 5.08. The number of anilines is 2. The summed E-state index contributed by atoms with van der Waals surface area (Å²) in [6.45, 7) is 3.95. The molecule has 0 bridgehead atoms. The third-order valence-corrected chi connectivity index (χ3v) is 3.99. The molecule has 0 radical (unpaired) electrons. The minimum atomic E-state index is 0.442. The molecule has 3 heterocycles. The third-order valence-electron chi connectivity index (χ3n) is 3.99. The van der Waals surface area contributed by atoms with Crippen molar-refractivity contribution >= 4 is 11.6 Å². The highest BCUT2D eigenvalue weighted by Crippen LogP contribution is 2.40. The molecule has 0 aromatic carbocycles. The minimum Gasteiger partial charge on any atom is -0.384 e. The molecule has 2 N–H and O–H groups in total. The number of nitrogens with two attached hydrogens (primary N) is 1. The molecule has 0 amide bonds. The summed E-state index contributed by atoms with van der Waals surface area (Å²) in [6.07, 6.45) is 5.12. The van der Waals surface area contributed by atoms with E-state index in [0.717, 1.165) is 32.1 Å². The molecule has 2 saturated heterocycles. The van der Waals surface area contributed by atoms with E-state index in [1.165, 1.54) is 19.3 Å². The van der Waals surface area contributed by atoms with E-state index in [2.05, 4.69) is 14.9 Å². The van der Waals surface area contributed by atoms with Crippen LogP contribution in [0, 0.1) is 5.41 Å². The Morgan fingerprint density at radius 3 is 2.82 bits per heavy atom. The maximum atomic E-state index is 5.70. The van der Waals surface area contributed by atoms with Gasteiger partial charge in [0, 0.05) is 32.4 Å². The Balaban J connectivity index is 1.75. The van der Waals surface area contributed by atoms with Gasteiger partial charge in [-0.25, -0.2) is 9.97 Å². The average molecular weight is 234 g/mol. The maximum absolute atomic E-state index is 5.70. The van der Waals surface area contributed by atoms with Crippen molar-refractivity contribution in [3.63, 3.8) is 0 Å². The molecule has 2 aliphatic rings. The lowest BCUT2D eigenvalue weighted by Gasteiger charge is -2.33. The smallest absolute Gasteiger partial charge is 0.134 e. The third kappa shape index (κ3) is 2.07. The van der Waals surface area contributed by atoms with Gasteiger partial charge in [-0.15, -0.1) is 0 Å². The number of hydrogen-bond acceptors (Lipinski definition) is 5. The van der Waals surface area contributed by atoms with Gasteiger partial charge in [0.05, 0.1) is 0 Å². The summed E-state index contributed by atoms with van der Waals surface area (Å²) in [5.41, 5.74) is 6.14. The lowest BCUT2D eigenvalue weighted by atomic mass is 9.80. The zero-order valence-electron chi connectivity index (χ0n) is 9.93. The van der Waals surface area contributed by atoms with Gasteiger partial charge >= 0.3 is 0 Å². The van der Waals surface area contributed by atoms with Crippen LogP contribution in [0.3, 0.4) is 0 Å². The second-order valence-corrected chi connectivity index (χ2v) is 5.08. The van der Waals surface area contributed by atoms with Crippen molar-refractivity contribution in [2.45, 2.75) is 19.3 Å². The second kappa shape index (κ2) is 4.14. The highest BCUT2D eigenvalue weighted by Gasteiger charge is 2.39. The van der Waals surface area contributed by atoms with E-state index in [9.17, 15) is 0 Å². The fourth-order valence-electron chi connectivity index (χ4n) is 2.88. The fourth-order valence-corrected chi connectivity index (χ4v) is 2.88. The van der Waals surface area contributed by atoms with Gasteiger partial charge in [0.1, 0.15) is 18.0 Å². The van der Waals surface area contributed by atoms with Crippen molar-refractivity contribution in [1.29, 1.82) is 0 Å². The van der Waals surface area contributed by atoms with E-state index in [1.54, 1.807) is 6.33 Å². The molecule has 2 aliphatic heterocycles. The van der Waals surface area contributed by atoms with Gasteiger partial charge in [-0.1, -0.05) is 0 Å². The number of hydrogen-bond donors (Lipinski definition) is 1. The van der Waals surface area contributed by atoms with E-state index in [0.29, 0.717) is 11.2 Å². The molecule has 5 nitrogen and oxygen atoms in total. The molecule has 3 rings (SSSR count). The number of aromatic nitrogens is 2. The van der Waals surface area contributed by atoms with E-state index in [-0.39, 0.29) is 0 Å². The summed E-state index contributed by atoms with van der Waals surface area (Å²) >= 11 is 0. The van der Waals surface area contributed by atoms with Crippen LogP contribution in [0.1, 0.15) is 19.3 Å². The SMILES string of the molecule is Nc1cc(N2CCC3(CCOCC3)C2)ncn1. The first kappa shape index (κ1) is 10.8. The Morgan fingerprint density at radius 2 is 2.06 bits per heavy atom. The summed E-state index contributed by atoms with van der Waals surface area (Å²) in [7, 11) is 0. The van der Waals surface area contributed by atoms with Crippen LogP contribution >= 0.6 is 0 Å². The molecule has 0 aliphatic carbocycles. The number of nitrogens with zero attached hydrogens (tertiary/aromatic N) is 3. The lowest BCUT2D eigenvalue weighted by molar-refractivity contribution is 0.0254. The van der Waals surface area contributed by atoms with Crippen molar-refractivity contribution < 1.29 is 4.74 Å². The van der Waals surface area contributed by atoms with Gasteiger partial charge in [-0.2, -0.15) is 0 Å². The molecular weight excluding hydrogens is 216 g/mol. The average Bonchev–Trinajstić information content (AvgIpc) is 2.74. The Kier molecular flexibility index (Phi) is 2.63. The molecule has 1 aromatic heterocycles. The molecule has 0 saturated carbocycles. The zero-order valence-corrected chi connectivity index (χ0v) is 9.93. The molecular formula is C12H18N4O. The highest BCUT2D eigenvalue weighted by molar-refractivity contribution is 5.47. The number of nitrogen functional groups attached to an aromatic ring is 1. The van der Waals surface area contributed by atoms with Crippen LogP contribution in [0.5, 0.6) is 0 Å². The monoisotopic (exact) mass is 234 g/mol. The molecule has 0 unspecified atom stereocenters. The first-order chi connectivity index (χ1) is 8.27. The van der Waals surface area contributed by atoms with Crippen LogP contribution in [0.2, 0.25) is 0 Å². The van der Waals surface area contributed by atoms with Crippen LogP contribution in [-0.4, -0.2) is 36.3 Å². The Bertz CT molecular complexity index is 403.